The smallest absolute Gasteiger partial charge is 0.215 e. The van der Waals surface area contributed by atoms with Crippen molar-refractivity contribution >= 4 is 20.2 Å². The summed E-state index contributed by atoms with van der Waals surface area (Å²) >= 11 is 0. The van der Waals surface area contributed by atoms with Gasteiger partial charge < -0.3 is 0 Å². The van der Waals surface area contributed by atoms with Crippen LogP contribution in [0.15, 0.2) is 0 Å². The van der Waals surface area contributed by atoms with Gasteiger partial charge in [-0.2, -0.15) is 12.7 Å². The van der Waals surface area contributed by atoms with Crippen LogP contribution in [-0.4, -0.2) is 53.1 Å². The van der Waals surface area contributed by atoms with E-state index >= 15 is 0 Å². The van der Waals surface area contributed by atoms with Crippen molar-refractivity contribution in [1.82, 2.24) is 13.7 Å². The summed E-state index contributed by atoms with van der Waals surface area (Å²) in [6.07, 6.45) is 3.31. The molecule has 0 spiro atoms. The second kappa shape index (κ2) is 7.53. The monoisotopic (exact) mass is 313 g/mol. The summed E-state index contributed by atoms with van der Waals surface area (Å²) in [5, 5.41) is 0. The van der Waals surface area contributed by atoms with Gasteiger partial charge in [0.25, 0.3) is 10.2 Å². The van der Waals surface area contributed by atoms with Crippen LogP contribution in [-0.2, 0) is 20.2 Å². The van der Waals surface area contributed by atoms with Crippen LogP contribution in [0.5, 0.6) is 0 Å². The van der Waals surface area contributed by atoms with Gasteiger partial charge in [0.2, 0.25) is 10.0 Å². The highest BCUT2D eigenvalue weighted by molar-refractivity contribution is 7.89. The SMILES string of the molecule is CCS(=O)(=O)NCCCNS(=O)(=O)N1CCCCC1. The molecule has 0 bridgehead atoms. The zero-order chi connectivity index (χ0) is 14.4. The highest BCUT2D eigenvalue weighted by Gasteiger charge is 2.22. The Bertz CT molecular complexity index is 455. The summed E-state index contributed by atoms with van der Waals surface area (Å²) in [7, 11) is -6.59. The molecule has 9 heteroatoms. The lowest BCUT2D eigenvalue weighted by atomic mass is 10.2. The van der Waals surface area contributed by atoms with Gasteiger partial charge in [-0.05, 0) is 26.2 Å². The predicted molar refractivity (Wildman–Crippen MR) is 74.4 cm³/mol. The molecule has 7 nitrogen and oxygen atoms in total. The van der Waals surface area contributed by atoms with E-state index in [9.17, 15) is 16.8 Å². The third-order valence-corrected chi connectivity index (χ3v) is 6.01. The van der Waals surface area contributed by atoms with Crippen LogP contribution >= 0.6 is 0 Å². The van der Waals surface area contributed by atoms with Crippen molar-refractivity contribution < 1.29 is 16.8 Å². The fourth-order valence-corrected chi connectivity index (χ4v) is 3.80. The number of hydrogen-bond acceptors (Lipinski definition) is 4. The molecule has 0 aliphatic carbocycles. The molecule has 19 heavy (non-hydrogen) atoms. The molecular formula is C10H23N3O4S2. The number of hydrogen-bond donors (Lipinski definition) is 2. The van der Waals surface area contributed by atoms with Gasteiger partial charge in [-0.25, -0.2) is 17.9 Å². The molecule has 1 saturated heterocycles. The van der Waals surface area contributed by atoms with E-state index in [1.807, 2.05) is 0 Å². The van der Waals surface area contributed by atoms with Crippen LogP contribution in [0.4, 0.5) is 0 Å². The average molecular weight is 313 g/mol. The van der Waals surface area contributed by atoms with Gasteiger partial charge in [-0.1, -0.05) is 6.42 Å². The third-order valence-electron chi connectivity index (χ3n) is 2.99. The minimum Gasteiger partial charge on any atom is -0.215 e. The summed E-state index contributed by atoms with van der Waals surface area (Å²) in [4.78, 5) is 0. The normalized spacial score (nSPS) is 18.6. The van der Waals surface area contributed by atoms with Gasteiger partial charge in [0.1, 0.15) is 0 Å². The Hall–Kier alpha value is -0.220. The first kappa shape index (κ1) is 16.8. The van der Waals surface area contributed by atoms with Crippen molar-refractivity contribution in [2.45, 2.75) is 32.6 Å². The van der Waals surface area contributed by atoms with Crippen molar-refractivity contribution in [3.8, 4) is 0 Å². The fraction of sp³-hybridized carbons (Fsp3) is 1.00. The van der Waals surface area contributed by atoms with Crippen LogP contribution in [0.1, 0.15) is 32.6 Å². The summed E-state index contributed by atoms with van der Waals surface area (Å²) < 4.78 is 52.4. The van der Waals surface area contributed by atoms with Crippen molar-refractivity contribution in [2.75, 3.05) is 31.9 Å². The summed E-state index contributed by atoms with van der Waals surface area (Å²) in [6, 6.07) is 0. The lowest BCUT2D eigenvalue weighted by molar-refractivity contribution is 0.341. The first-order chi connectivity index (χ1) is 8.87. The van der Waals surface area contributed by atoms with Gasteiger partial charge in [0.15, 0.2) is 0 Å². The van der Waals surface area contributed by atoms with Crippen LogP contribution in [0.3, 0.4) is 0 Å². The molecule has 0 saturated carbocycles. The molecule has 1 heterocycles. The molecule has 0 aromatic rings. The molecule has 114 valence electrons. The van der Waals surface area contributed by atoms with Crippen LogP contribution in [0.2, 0.25) is 0 Å². The van der Waals surface area contributed by atoms with E-state index in [-0.39, 0.29) is 18.8 Å². The van der Waals surface area contributed by atoms with Crippen LogP contribution in [0.25, 0.3) is 0 Å². The van der Waals surface area contributed by atoms with E-state index < -0.39 is 20.2 Å². The molecule has 1 fully saturated rings. The first-order valence-corrected chi connectivity index (χ1v) is 9.69. The van der Waals surface area contributed by atoms with Gasteiger partial charge in [0.05, 0.1) is 5.75 Å². The lowest BCUT2D eigenvalue weighted by Gasteiger charge is -2.25. The summed E-state index contributed by atoms with van der Waals surface area (Å²) in [5.41, 5.74) is 0. The number of sulfonamides is 1. The maximum absolute atomic E-state index is 11.9. The molecule has 0 unspecified atom stereocenters. The van der Waals surface area contributed by atoms with E-state index in [0.29, 0.717) is 19.5 Å². The molecule has 0 radical (unpaired) electrons. The maximum Gasteiger partial charge on any atom is 0.279 e. The van der Waals surface area contributed by atoms with Crippen molar-refractivity contribution in [2.24, 2.45) is 0 Å². The molecular weight excluding hydrogens is 290 g/mol. The van der Waals surface area contributed by atoms with E-state index in [4.69, 9.17) is 0 Å². The number of rotatable bonds is 8. The number of nitrogens with one attached hydrogen (secondary N) is 2. The standard InChI is InChI=1S/C10H23N3O4S2/c1-2-18(14,15)11-7-6-8-12-19(16,17)13-9-4-3-5-10-13/h11-12H,2-10H2,1H3. The fourth-order valence-electron chi connectivity index (χ4n) is 1.82. The van der Waals surface area contributed by atoms with Gasteiger partial charge in [-0.15, -0.1) is 0 Å². The van der Waals surface area contributed by atoms with Gasteiger partial charge >= 0.3 is 0 Å². The zero-order valence-corrected chi connectivity index (χ0v) is 12.9. The van der Waals surface area contributed by atoms with Crippen molar-refractivity contribution in [1.29, 1.82) is 0 Å². The van der Waals surface area contributed by atoms with E-state index in [0.717, 1.165) is 19.3 Å². The number of piperidine rings is 1. The Morgan fingerprint density at radius 1 is 0.947 bits per heavy atom. The van der Waals surface area contributed by atoms with Crippen molar-refractivity contribution in [3.05, 3.63) is 0 Å². The molecule has 0 amide bonds. The Morgan fingerprint density at radius 2 is 1.53 bits per heavy atom. The highest BCUT2D eigenvalue weighted by atomic mass is 32.2. The summed E-state index contributed by atoms with van der Waals surface area (Å²) in [6.45, 7) is 3.18. The van der Waals surface area contributed by atoms with Crippen LogP contribution in [0, 0.1) is 0 Å². The minimum atomic E-state index is -3.40. The first-order valence-electron chi connectivity index (χ1n) is 6.59. The largest absolute Gasteiger partial charge is 0.279 e. The molecule has 0 aromatic carbocycles. The second-order valence-corrected chi connectivity index (χ2v) is 8.36. The lowest BCUT2D eigenvalue weighted by Crippen LogP contribution is -2.44. The van der Waals surface area contributed by atoms with Crippen LogP contribution < -0.4 is 9.44 Å². The molecule has 1 aliphatic rings. The predicted octanol–water partition coefficient (Wildman–Crippen LogP) is -0.364. The van der Waals surface area contributed by atoms with Gasteiger partial charge in [-0.3, -0.25) is 0 Å². The quantitative estimate of drug-likeness (QED) is 0.598. The molecule has 0 aromatic heterocycles. The van der Waals surface area contributed by atoms with Crippen molar-refractivity contribution in [3.63, 3.8) is 0 Å². The summed E-state index contributed by atoms with van der Waals surface area (Å²) in [5.74, 6) is 0.0342. The molecule has 0 atom stereocenters. The third kappa shape index (κ3) is 6.17. The Morgan fingerprint density at radius 3 is 2.11 bits per heavy atom. The maximum atomic E-state index is 11.9. The second-order valence-electron chi connectivity index (χ2n) is 4.51. The Balaban J connectivity index is 2.24. The topological polar surface area (TPSA) is 95.6 Å². The molecule has 2 N–H and O–H groups in total. The minimum absolute atomic E-state index is 0.0342. The Labute approximate surface area is 116 Å². The average Bonchev–Trinajstić information content (AvgIpc) is 2.39. The molecule has 1 rings (SSSR count). The van der Waals surface area contributed by atoms with E-state index in [2.05, 4.69) is 9.44 Å². The molecule has 1 aliphatic heterocycles. The van der Waals surface area contributed by atoms with Gasteiger partial charge in [0, 0.05) is 26.2 Å². The van der Waals surface area contributed by atoms with E-state index in [1.165, 1.54) is 4.31 Å². The zero-order valence-electron chi connectivity index (χ0n) is 11.3. The van der Waals surface area contributed by atoms with E-state index in [1.54, 1.807) is 6.92 Å². The Kier molecular flexibility index (Phi) is 6.67. The highest BCUT2D eigenvalue weighted by Crippen LogP contribution is 2.11. The number of nitrogens with zero attached hydrogens (tertiary/aromatic N) is 1.